The van der Waals surface area contributed by atoms with Crippen molar-refractivity contribution >= 4 is 16.7 Å². The fourth-order valence-electron chi connectivity index (χ4n) is 4.78. The highest BCUT2D eigenvalue weighted by Gasteiger charge is 2.36. The summed E-state index contributed by atoms with van der Waals surface area (Å²) in [6.07, 6.45) is 0.532. The molecule has 1 aromatic heterocycles. The third-order valence-electron chi connectivity index (χ3n) is 6.38. The minimum atomic E-state index is -1.14. The molecule has 166 valence electrons. The summed E-state index contributed by atoms with van der Waals surface area (Å²) in [5.41, 5.74) is 1.48. The minimum absolute atomic E-state index is 0.0189. The van der Waals surface area contributed by atoms with E-state index in [1.54, 1.807) is 7.05 Å². The van der Waals surface area contributed by atoms with Gasteiger partial charge in [0.25, 0.3) is 5.56 Å². The number of pyridine rings is 1. The number of aromatic nitrogens is 1. The molecule has 5 rings (SSSR count). The van der Waals surface area contributed by atoms with Crippen molar-refractivity contribution in [2.24, 2.45) is 5.92 Å². The maximum Gasteiger partial charge on any atom is 0.256 e. The first-order chi connectivity index (χ1) is 15.2. The summed E-state index contributed by atoms with van der Waals surface area (Å²) in [6.45, 7) is 0.157. The molecule has 2 aromatic carbocycles. The van der Waals surface area contributed by atoms with E-state index in [2.05, 4.69) is 4.98 Å². The smallest absolute Gasteiger partial charge is 0.256 e. The number of benzene rings is 2. The first-order valence-corrected chi connectivity index (χ1v) is 10.1. The van der Waals surface area contributed by atoms with E-state index in [9.17, 15) is 27.2 Å². The van der Waals surface area contributed by atoms with Crippen LogP contribution in [0, 0.1) is 29.2 Å². The number of likely N-dealkylation sites (N-methyl/N-ethyl adjacent to an activating group) is 1. The van der Waals surface area contributed by atoms with E-state index in [4.69, 9.17) is 4.74 Å². The van der Waals surface area contributed by atoms with E-state index in [0.29, 0.717) is 22.4 Å². The highest BCUT2D eigenvalue weighted by atomic mass is 19.2. The highest BCUT2D eigenvalue weighted by molar-refractivity contribution is 5.87. The molecule has 0 radical (unpaired) electrons. The fourth-order valence-corrected chi connectivity index (χ4v) is 4.78. The molecule has 0 saturated heterocycles. The van der Waals surface area contributed by atoms with Crippen molar-refractivity contribution < 1.29 is 27.1 Å². The first kappa shape index (κ1) is 20.7. The number of nitrogens with zero attached hydrogens (tertiary/aromatic N) is 1. The number of fused-ring (bicyclic) bond motifs is 4. The quantitative estimate of drug-likeness (QED) is 0.613. The van der Waals surface area contributed by atoms with Crippen molar-refractivity contribution in [3.8, 4) is 0 Å². The van der Waals surface area contributed by atoms with Gasteiger partial charge in [-0.15, -0.1) is 0 Å². The summed E-state index contributed by atoms with van der Waals surface area (Å²) in [5, 5.41) is 0.198. The molecule has 3 aromatic rings. The molecule has 2 heterocycles. The van der Waals surface area contributed by atoms with Crippen LogP contribution in [0.1, 0.15) is 28.4 Å². The summed E-state index contributed by atoms with van der Waals surface area (Å²) in [7, 11) is 1.56. The lowest BCUT2D eigenvalue weighted by Crippen LogP contribution is -2.40. The second-order valence-electron chi connectivity index (χ2n) is 8.28. The van der Waals surface area contributed by atoms with Gasteiger partial charge < -0.3 is 14.6 Å². The molecule has 32 heavy (non-hydrogen) atoms. The molecular formula is C23H18F4N2O3. The van der Waals surface area contributed by atoms with Crippen LogP contribution in [0.4, 0.5) is 17.6 Å². The average molecular weight is 446 g/mol. The lowest BCUT2D eigenvalue weighted by atomic mass is 9.94. The predicted octanol–water partition coefficient (Wildman–Crippen LogP) is 3.53. The van der Waals surface area contributed by atoms with E-state index >= 15 is 0 Å². The lowest BCUT2D eigenvalue weighted by molar-refractivity contribution is -0.138. The molecule has 0 unspecified atom stereocenters. The Morgan fingerprint density at radius 1 is 0.969 bits per heavy atom. The van der Waals surface area contributed by atoms with E-state index in [1.807, 2.05) is 0 Å². The van der Waals surface area contributed by atoms with Crippen molar-refractivity contribution in [3.63, 3.8) is 0 Å². The van der Waals surface area contributed by atoms with Crippen LogP contribution in [0.5, 0.6) is 0 Å². The highest BCUT2D eigenvalue weighted by Crippen LogP contribution is 2.36. The molecule has 1 atom stereocenters. The number of halogens is 4. The molecule has 0 spiro atoms. The van der Waals surface area contributed by atoms with Crippen LogP contribution in [0.2, 0.25) is 0 Å². The Balaban J connectivity index is 1.52. The summed E-state index contributed by atoms with van der Waals surface area (Å²) in [5.74, 6) is -4.94. The topological polar surface area (TPSA) is 62.4 Å². The summed E-state index contributed by atoms with van der Waals surface area (Å²) in [6, 6.07) is 3.38. The monoisotopic (exact) mass is 446 g/mol. The molecule has 9 heteroatoms. The first-order valence-electron chi connectivity index (χ1n) is 10.1. The van der Waals surface area contributed by atoms with E-state index in [1.165, 1.54) is 4.90 Å². The van der Waals surface area contributed by atoms with Gasteiger partial charge in [0.15, 0.2) is 23.3 Å². The van der Waals surface area contributed by atoms with Gasteiger partial charge in [0.1, 0.15) is 0 Å². The molecule has 1 amide bonds. The standard InChI is InChI=1S/C23H18F4N2O3/c1-29(23(31)12-2-10-4-15(24)16(25)5-11(10)3-12)20-9-32-8-19-21(20)13-6-17(26)18(27)7-14(13)22(30)28-19/h4-7,12,20H,2-3,8-9H2,1H3,(H,28,30)/t20-/m1/s1. The number of aromatic amines is 1. The van der Waals surface area contributed by atoms with E-state index in [0.717, 1.165) is 24.3 Å². The predicted molar refractivity (Wildman–Crippen MR) is 107 cm³/mol. The maximum atomic E-state index is 14.0. The Kier molecular flexibility index (Phi) is 4.81. The van der Waals surface area contributed by atoms with Gasteiger partial charge in [-0.1, -0.05) is 0 Å². The van der Waals surface area contributed by atoms with Crippen LogP contribution < -0.4 is 5.56 Å². The number of ether oxygens (including phenoxy) is 1. The van der Waals surface area contributed by atoms with E-state index in [-0.39, 0.29) is 42.7 Å². The normalized spacial score (nSPS) is 18.0. The van der Waals surface area contributed by atoms with Crippen molar-refractivity contribution in [3.05, 3.63) is 80.3 Å². The fraction of sp³-hybridized carbons (Fsp3) is 0.304. The molecule has 2 aliphatic rings. The Hall–Kier alpha value is -3.20. The number of carbonyl (C=O) groups is 1. The largest absolute Gasteiger partial charge is 0.373 e. The van der Waals surface area contributed by atoms with Crippen molar-refractivity contribution in [2.45, 2.75) is 25.5 Å². The van der Waals surface area contributed by atoms with Gasteiger partial charge in [-0.05, 0) is 53.6 Å². The van der Waals surface area contributed by atoms with Crippen LogP contribution in [0.3, 0.4) is 0 Å². The van der Waals surface area contributed by atoms with Gasteiger partial charge >= 0.3 is 0 Å². The van der Waals surface area contributed by atoms with Crippen LogP contribution in [0.15, 0.2) is 29.1 Å². The molecule has 1 N–H and O–H groups in total. The van der Waals surface area contributed by atoms with Crippen molar-refractivity contribution in [1.29, 1.82) is 0 Å². The van der Waals surface area contributed by atoms with Gasteiger partial charge in [0, 0.05) is 24.2 Å². The van der Waals surface area contributed by atoms with E-state index < -0.39 is 40.8 Å². The average Bonchev–Trinajstić information content (AvgIpc) is 3.16. The second-order valence-corrected chi connectivity index (χ2v) is 8.28. The van der Waals surface area contributed by atoms with Gasteiger partial charge in [-0.25, -0.2) is 17.6 Å². The second kappa shape index (κ2) is 7.44. The Morgan fingerprint density at radius 3 is 2.16 bits per heavy atom. The molecule has 0 saturated carbocycles. The SMILES string of the molecule is CN(C(=O)C1Cc2cc(F)c(F)cc2C1)[C@@H]1COCc2[nH]c(=O)c3cc(F)c(F)cc3c21. The van der Waals surface area contributed by atoms with Gasteiger partial charge in [0.05, 0.1) is 24.6 Å². The summed E-state index contributed by atoms with van der Waals surface area (Å²) < 4.78 is 60.5. The van der Waals surface area contributed by atoms with Crippen molar-refractivity contribution in [1.82, 2.24) is 9.88 Å². The number of amides is 1. The van der Waals surface area contributed by atoms with Crippen LogP contribution in [-0.2, 0) is 29.0 Å². The summed E-state index contributed by atoms with van der Waals surface area (Å²) >= 11 is 0. The molecule has 5 nitrogen and oxygen atoms in total. The Labute approximate surface area is 179 Å². The zero-order valence-corrected chi connectivity index (χ0v) is 17.0. The van der Waals surface area contributed by atoms with Gasteiger partial charge in [0.2, 0.25) is 5.91 Å². The number of nitrogens with one attached hydrogen (secondary N) is 1. The molecule has 1 aliphatic carbocycles. The maximum absolute atomic E-state index is 14.0. The number of rotatable bonds is 2. The number of carbonyl (C=O) groups excluding carboxylic acids is 1. The van der Waals surface area contributed by atoms with Crippen LogP contribution in [0.25, 0.3) is 10.8 Å². The zero-order chi connectivity index (χ0) is 22.7. The number of hydrogen-bond acceptors (Lipinski definition) is 3. The lowest BCUT2D eigenvalue weighted by Gasteiger charge is -2.35. The third kappa shape index (κ3) is 3.19. The third-order valence-corrected chi connectivity index (χ3v) is 6.38. The number of H-pyrrole nitrogens is 1. The molecular weight excluding hydrogens is 428 g/mol. The number of hydrogen-bond donors (Lipinski definition) is 1. The van der Waals surface area contributed by atoms with Crippen LogP contribution in [-0.4, -0.2) is 29.4 Å². The molecule has 0 bridgehead atoms. The van der Waals surface area contributed by atoms with Gasteiger partial charge in [-0.3, -0.25) is 9.59 Å². The van der Waals surface area contributed by atoms with Crippen molar-refractivity contribution in [2.75, 3.05) is 13.7 Å². The zero-order valence-electron chi connectivity index (χ0n) is 17.0. The Bertz CT molecular complexity index is 1310. The molecule has 0 fully saturated rings. The summed E-state index contributed by atoms with van der Waals surface area (Å²) in [4.78, 5) is 29.8. The van der Waals surface area contributed by atoms with Crippen LogP contribution >= 0.6 is 0 Å². The Morgan fingerprint density at radius 2 is 1.53 bits per heavy atom. The van der Waals surface area contributed by atoms with Gasteiger partial charge in [-0.2, -0.15) is 0 Å². The molecule has 1 aliphatic heterocycles. The minimum Gasteiger partial charge on any atom is -0.373 e.